The Balaban J connectivity index is 1.56. The SMILES string of the molecule is Cc1ccc(OCCC(=O)N/N=c2/sc3ccccc3n2C)cc1. The van der Waals surface area contributed by atoms with Gasteiger partial charge in [0.25, 0.3) is 0 Å². The minimum Gasteiger partial charge on any atom is -0.493 e. The molecular formula is C18H19N3O2S. The van der Waals surface area contributed by atoms with Crippen LogP contribution in [0.25, 0.3) is 10.2 Å². The predicted octanol–water partition coefficient (Wildman–Crippen LogP) is 2.95. The quantitative estimate of drug-likeness (QED) is 0.726. The molecular weight excluding hydrogens is 322 g/mol. The topological polar surface area (TPSA) is 55.6 Å². The maximum atomic E-state index is 11.9. The molecule has 1 aromatic heterocycles. The lowest BCUT2D eigenvalue weighted by Crippen LogP contribution is -2.24. The highest BCUT2D eigenvalue weighted by atomic mass is 32.1. The molecule has 124 valence electrons. The molecule has 0 spiro atoms. The summed E-state index contributed by atoms with van der Waals surface area (Å²) in [5.41, 5.74) is 4.86. The normalized spacial score (nSPS) is 11.7. The number of rotatable bonds is 5. The fraction of sp³-hybridized carbons (Fsp3) is 0.222. The van der Waals surface area contributed by atoms with Gasteiger partial charge in [-0.15, -0.1) is 5.10 Å². The lowest BCUT2D eigenvalue weighted by molar-refractivity contribution is -0.121. The third-order valence-electron chi connectivity index (χ3n) is 3.61. The molecule has 1 heterocycles. The monoisotopic (exact) mass is 341 g/mol. The largest absolute Gasteiger partial charge is 0.493 e. The van der Waals surface area contributed by atoms with Gasteiger partial charge in [-0.1, -0.05) is 41.2 Å². The first-order valence-corrected chi connectivity index (χ1v) is 8.52. The maximum Gasteiger partial charge on any atom is 0.243 e. The summed E-state index contributed by atoms with van der Waals surface area (Å²) in [5, 5.41) is 4.21. The Morgan fingerprint density at radius 1 is 1.21 bits per heavy atom. The first kappa shape index (κ1) is 16.3. The average Bonchev–Trinajstić information content (AvgIpc) is 2.91. The van der Waals surface area contributed by atoms with Crippen LogP contribution in [0.5, 0.6) is 5.75 Å². The van der Waals surface area contributed by atoms with E-state index in [0.717, 1.165) is 20.8 Å². The van der Waals surface area contributed by atoms with Crippen molar-refractivity contribution < 1.29 is 9.53 Å². The number of hydrogen-bond donors (Lipinski definition) is 1. The number of thiazole rings is 1. The average molecular weight is 341 g/mol. The standard InChI is InChI=1S/C18H19N3O2S/c1-13-7-9-14(10-8-13)23-12-11-17(22)19-20-18-21(2)15-5-3-4-6-16(15)24-18/h3-10H,11-12H2,1-2H3,(H,19,22)/b20-18+. The molecule has 1 N–H and O–H groups in total. The third-order valence-corrected chi connectivity index (χ3v) is 4.72. The Morgan fingerprint density at radius 3 is 2.71 bits per heavy atom. The summed E-state index contributed by atoms with van der Waals surface area (Å²) in [7, 11) is 1.93. The lowest BCUT2D eigenvalue weighted by Gasteiger charge is -2.05. The molecule has 0 aliphatic rings. The summed E-state index contributed by atoms with van der Waals surface area (Å²) in [5.74, 6) is 0.598. The number of ether oxygens (including phenoxy) is 1. The number of aromatic nitrogens is 1. The second-order valence-corrected chi connectivity index (χ2v) is 6.48. The van der Waals surface area contributed by atoms with E-state index in [1.807, 2.05) is 67.1 Å². The van der Waals surface area contributed by atoms with E-state index in [2.05, 4.69) is 10.5 Å². The van der Waals surface area contributed by atoms with Gasteiger partial charge in [0, 0.05) is 7.05 Å². The van der Waals surface area contributed by atoms with Gasteiger partial charge in [-0.05, 0) is 31.2 Å². The van der Waals surface area contributed by atoms with Crippen molar-refractivity contribution in [3.05, 3.63) is 58.9 Å². The number of amides is 1. The summed E-state index contributed by atoms with van der Waals surface area (Å²) in [6.07, 6.45) is 0.256. The smallest absolute Gasteiger partial charge is 0.243 e. The van der Waals surface area contributed by atoms with Crippen LogP contribution in [0.4, 0.5) is 0 Å². The van der Waals surface area contributed by atoms with Crippen LogP contribution in [0.2, 0.25) is 0 Å². The summed E-state index contributed by atoms with van der Waals surface area (Å²) in [6, 6.07) is 15.8. The fourth-order valence-electron chi connectivity index (χ4n) is 2.25. The summed E-state index contributed by atoms with van der Waals surface area (Å²) in [4.78, 5) is 12.7. The number of carbonyl (C=O) groups excluding carboxylic acids is 1. The molecule has 5 nitrogen and oxygen atoms in total. The van der Waals surface area contributed by atoms with E-state index >= 15 is 0 Å². The fourth-order valence-corrected chi connectivity index (χ4v) is 3.23. The van der Waals surface area contributed by atoms with Gasteiger partial charge < -0.3 is 9.30 Å². The molecule has 6 heteroatoms. The minimum atomic E-state index is -0.167. The Kier molecular flexibility index (Phi) is 4.96. The predicted molar refractivity (Wildman–Crippen MR) is 95.8 cm³/mol. The first-order valence-electron chi connectivity index (χ1n) is 7.70. The molecule has 0 unspecified atom stereocenters. The number of nitrogens with one attached hydrogen (secondary N) is 1. The van der Waals surface area contributed by atoms with Gasteiger partial charge in [-0.3, -0.25) is 4.79 Å². The zero-order valence-corrected chi connectivity index (χ0v) is 14.5. The molecule has 3 aromatic rings. The molecule has 24 heavy (non-hydrogen) atoms. The van der Waals surface area contributed by atoms with Crippen molar-refractivity contribution in [3.63, 3.8) is 0 Å². The van der Waals surface area contributed by atoms with Crippen molar-refractivity contribution in [2.75, 3.05) is 6.61 Å². The molecule has 0 fully saturated rings. The number of hydrogen-bond acceptors (Lipinski definition) is 4. The lowest BCUT2D eigenvalue weighted by atomic mass is 10.2. The van der Waals surface area contributed by atoms with E-state index in [-0.39, 0.29) is 12.3 Å². The van der Waals surface area contributed by atoms with E-state index in [1.165, 1.54) is 16.9 Å². The van der Waals surface area contributed by atoms with Gasteiger partial charge in [0.2, 0.25) is 10.7 Å². The van der Waals surface area contributed by atoms with Crippen molar-refractivity contribution in [2.45, 2.75) is 13.3 Å². The number of aryl methyl sites for hydroxylation is 2. The second kappa shape index (κ2) is 7.31. The van der Waals surface area contributed by atoms with Gasteiger partial charge >= 0.3 is 0 Å². The Morgan fingerprint density at radius 2 is 1.96 bits per heavy atom. The number of nitrogens with zero attached hydrogens (tertiary/aromatic N) is 2. The first-order chi connectivity index (χ1) is 11.6. The van der Waals surface area contributed by atoms with Crippen LogP contribution in [0.3, 0.4) is 0 Å². The molecule has 0 saturated carbocycles. The van der Waals surface area contributed by atoms with Crippen LogP contribution in [0.15, 0.2) is 53.6 Å². The third kappa shape index (κ3) is 3.83. The Bertz CT molecular complexity index is 910. The van der Waals surface area contributed by atoms with Gasteiger partial charge in [-0.25, -0.2) is 5.43 Å². The number of para-hydroxylation sites is 1. The molecule has 0 aliphatic carbocycles. The zero-order chi connectivity index (χ0) is 16.9. The second-order valence-electron chi connectivity index (χ2n) is 5.47. The van der Waals surface area contributed by atoms with Gasteiger partial charge in [0.05, 0.1) is 23.2 Å². The van der Waals surface area contributed by atoms with Crippen LogP contribution >= 0.6 is 11.3 Å². The minimum absolute atomic E-state index is 0.167. The van der Waals surface area contributed by atoms with Crippen molar-refractivity contribution in [1.29, 1.82) is 0 Å². The summed E-state index contributed by atoms with van der Waals surface area (Å²) < 4.78 is 8.65. The van der Waals surface area contributed by atoms with Crippen molar-refractivity contribution in [3.8, 4) is 5.75 Å². The van der Waals surface area contributed by atoms with Gasteiger partial charge in [0.1, 0.15) is 5.75 Å². The number of fused-ring (bicyclic) bond motifs is 1. The van der Waals surface area contributed by atoms with Crippen molar-refractivity contribution in [1.82, 2.24) is 9.99 Å². The zero-order valence-electron chi connectivity index (χ0n) is 13.7. The number of carbonyl (C=O) groups is 1. The molecule has 0 saturated heterocycles. The Labute approximate surface area is 144 Å². The molecule has 0 bridgehead atoms. The van der Waals surface area contributed by atoms with Gasteiger partial charge in [0.15, 0.2) is 0 Å². The number of benzene rings is 2. The Hall–Kier alpha value is -2.60. The summed E-state index contributed by atoms with van der Waals surface area (Å²) in [6.45, 7) is 2.34. The van der Waals surface area contributed by atoms with E-state index in [9.17, 15) is 4.79 Å². The highest BCUT2D eigenvalue weighted by molar-refractivity contribution is 7.16. The van der Waals surface area contributed by atoms with Crippen LogP contribution in [-0.4, -0.2) is 17.1 Å². The summed E-state index contributed by atoms with van der Waals surface area (Å²) >= 11 is 1.54. The highest BCUT2D eigenvalue weighted by Crippen LogP contribution is 2.15. The molecule has 0 atom stereocenters. The van der Waals surface area contributed by atoms with Crippen LogP contribution in [-0.2, 0) is 11.8 Å². The van der Waals surface area contributed by atoms with E-state index < -0.39 is 0 Å². The van der Waals surface area contributed by atoms with Gasteiger partial charge in [-0.2, -0.15) is 0 Å². The van der Waals surface area contributed by atoms with E-state index in [1.54, 1.807) is 0 Å². The molecule has 3 rings (SSSR count). The molecule has 1 amide bonds. The van der Waals surface area contributed by atoms with Crippen LogP contribution < -0.4 is 15.0 Å². The molecule has 0 aliphatic heterocycles. The maximum absolute atomic E-state index is 11.9. The van der Waals surface area contributed by atoms with E-state index in [4.69, 9.17) is 4.74 Å². The van der Waals surface area contributed by atoms with E-state index in [0.29, 0.717) is 6.61 Å². The highest BCUT2D eigenvalue weighted by Gasteiger charge is 2.04. The van der Waals surface area contributed by atoms with Crippen molar-refractivity contribution >= 4 is 27.5 Å². The van der Waals surface area contributed by atoms with Crippen LogP contribution in [0.1, 0.15) is 12.0 Å². The molecule has 2 aromatic carbocycles. The molecule has 0 radical (unpaired) electrons. The van der Waals surface area contributed by atoms with Crippen molar-refractivity contribution in [2.24, 2.45) is 12.1 Å². The van der Waals surface area contributed by atoms with Crippen LogP contribution in [0, 0.1) is 6.92 Å².